The van der Waals surface area contributed by atoms with Crippen LogP contribution in [0.25, 0.3) is 0 Å². The van der Waals surface area contributed by atoms with E-state index in [9.17, 15) is 0 Å². The van der Waals surface area contributed by atoms with Gasteiger partial charge in [-0.25, -0.2) is 9.97 Å². The van der Waals surface area contributed by atoms with Crippen molar-refractivity contribution in [1.29, 1.82) is 0 Å². The Hall–Kier alpha value is -1.74. The van der Waals surface area contributed by atoms with Gasteiger partial charge in [-0.1, -0.05) is 29.3 Å². The Bertz CT molecular complexity index is 560. The molecule has 0 aliphatic carbocycles. The Morgan fingerprint density at radius 1 is 0.895 bits per heavy atom. The fraction of sp³-hybridized carbons (Fsp3) is 0.375. The molecule has 0 amide bonds. The van der Waals surface area contributed by atoms with E-state index < -0.39 is 0 Å². The van der Waals surface area contributed by atoms with Crippen molar-refractivity contribution in [1.82, 2.24) is 9.97 Å². The lowest BCUT2D eigenvalue weighted by Crippen LogP contribution is -2.09. The maximum atomic E-state index is 5.71. The van der Waals surface area contributed by atoms with E-state index in [4.69, 9.17) is 5.73 Å². The maximum Gasteiger partial charge on any atom is 0.133 e. The molecule has 2 aromatic rings. The van der Waals surface area contributed by atoms with Crippen molar-refractivity contribution in [3.63, 3.8) is 0 Å². The Kier molecular flexibility index (Phi) is 3.96. The van der Waals surface area contributed by atoms with E-state index in [1.807, 2.05) is 13.8 Å². The van der Waals surface area contributed by atoms with Crippen molar-refractivity contribution < 1.29 is 0 Å². The molecule has 2 N–H and O–H groups in total. The molecular formula is C16H21N3. The molecule has 0 spiro atoms. The first-order chi connectivity index (χ1) is 8.99. The summed E-state index contributed by atoms with van der Waals surface area (Å²) < 4.78 is 0. The molecule has 0 aliphatic heterocycles. The summed E-state index contributed by atoms with van der Waals surface area (Å²) in [6.45, 7) is 8.74. The van der Waals surface area contributed by atoms with E-state index in [0.29, 0.717) is 6.54 Å². The van der Waals surface area contributed by atoms with Crippen LogP contribution in [0.5, 0.6) is 0 Å². The van der Waals surface area contributed by atoms with Crippen molar-refractivity contribution in [2.45, 2.75) is 40.7 Å². The van der Waals surface area contributed by atoms with Crippen molar-refractivity contribution in [2.24, 2.45) is 5.73 Å². The highest BCUT2D eigenvalue weighted by molar-refractivity contribution is 5.31. The van der Waals surface area contributed by atoms with E-state index in [0.717, 1.165) is 29.2 Å². The van der Waals surface area contributed by atoms with Gasteiger partial charge in [-0.15, -0.1) is 0 Å². The lowest BCUT2D eigenvalue weighted by Gasteiger charge is -2.10. The number of rotatable bonds is 3. The van der Waals surface area contributed by atoms with Gasteiger partial charge in [0.2, 0.25) is 0 Å². The molecule has 0 radical (unpaired) electrons. The highest BCUT2D eigenvalue weighted by Crippen LogP contribution is 2.14. The minimum Gasteiger partial charge on any atom is -0.326 e. The van der Waals surface area contributed by atoms with Crippen molar-refractivity contribution in [3.8, 4) is 0 Å². The summed E-state index contributed by atoms with van der Waals surface area (Å²) in [5.41, 5.74) is 12.6. The second kappa shape index (κ2) is 5.49. The van der Waals surface area contributed by atoms with Crippen LogP contribution >= 0.6 is 0 Å². The van der Waals surface area contributed by atoms with Gasteiger partial charge in [-0.2, -0.15) is 0 Å². The Morgan fingerprint density at radius 3 is 1.89 bits per heavy atom. The first kappa shape index (κ1) is 13.7. The normalized spacial score (nSPS) is 10.8. The van der Waals surface area contributed by atoms with Gasteiger partial charge in [0.1, 0.15) is 5.82 Å². The van der Waals surface area contributed by atoms with E-state index in [1.165, 1.54) is 16.7 Å². The molecule has 2 rings (SSSR count). The zero-order chi connectivity index (χ0) is 14.0. The monoisotopic (exact) mass is 255 g/mol. The molecule has 1 aromatic heterocycles. The van der Waals surface area contributed by atoms with Gasteiger partial charge in [0.25, 0.3) is 0 Å². The molecule has 0 bridgehead atoms. The number of aromatic nitrogens is 2. The Labute approximate surface area is 114 Å². The van der Waals surface area contributed by atoms with Crippen LogP contribution in [-0.4, -0.2) is 9.97 Å². The van der Waals surface area contributed by atoms with Crippen LogP contribution in [0.15, 0.2) is 18.2 Å². The highest BCUT2D eigenvalue weighted by Gasteiger charge is 2.08. The highest BCUT2D eigenvalue weighted by atomic mass is 14.9. The average molecular weight is 255 g/mol. The van der Waals surface area contributed by atoms with Gasteiger partial charge in [0.05, 0.1) is 0 Å². The molecule has 100 valence electrons. The second-order valence-corrected chi connectivity index (χ2v) is 5.17. The third-order valence-corrected chi connectivity index (χ3v) is 3.31. The minimum absolute atomic E-state index is 0.501. The molecule has 0 aliphatic rings. The fourth-order valence-electron chi connectivity index (χ4n) is 2.54. The molecule has 3 heteroatoms. The number of nitrogens with two attached hydrogens (primary N) is 1. The van der Waals surface area contributed by atoms with Gasteiger partial charge in [-0.3, -0.25) is 0 Å². The molecule has 1 heterocycles. The topological polar surface area (TPSA) is 51.8 Å². The summed E-state index contributed by atoms with van der Waals surface area (Å²) in [5, 5.41) is 0. The fourth-order valence-corrected chi connectivity index (χ4v) is 2.54. The van der Waals surface area contributed by atoms with Gasteiger partial charge in [-0.05, 0) is 33.3 Å². The number of benzene rings is 1. The molecule has 0 saturated carbocycles. The molecular weight excluding hydrogens is 234 g/mol. The minimum atomic E-state index is 0.501. The van der Waals surface area contributed by atoms with Gasteiger partial charge >= 0.3 is 0 Å². The van der Waals surface area contributed by atoms with Crippen molar-refractivity contribution >= 4 is 0 Å². The van der Waals surface area contributed by atoms with Crippen LogP contribution < -0.4 is 5.73 Å². The van der Waals surface area contributed by atoms with Crippen LogP contribution in [0.4, 0.5) is 0 Å². The molecule has 0 atom stereocenters. The van der Waals surface area contributed by atoms with Crippen LogP contribution in [0.1, 0.15) is 39.5 Å². The maximum absolute atomic E-state index is 5.71. The molecule has 0 unspecified atom stereocenters. The van der Waals surface area contributed by atoms with E-state index >= 15 is 0 Å². The van der Waals surface area contributed by atoms with Crippen LogP contribution in [0, 0.1) is 27.7 Å². The van der Waals surface area contributed by atoms with Crippen molar-refractivity contribution in [3.05, 3.63) is 57.7 Å². The lowest BCUT2D eigenvalue weighted by atomic mass is 10.0. The largest absolute Gasteiger partial charge is 0.326 e. The summed E-state index contributed by atoms with van der Waals surface area (Å²) >= 11 is 0. The first-order valence-electron chi connectivity index (χ1n) is 6.60. The van der Waals surface area contributed by atoms with Crippen LogP contribution in [0.2, 0.25) is 0 Å². The lowest BCUT2D eigenvalue weighted by molar-refractivity contribution is 0.866. The standard InChI is InChI=1S/C16H21N3/c1-10-5-11(2)7-14(6-10)8-16-18-12(3)15(9-17)13(4)19-16/h5-7H,8-9,17H2,1-4H3. The number of hydrogen-bond donors (Lipinski definition) is 1. The SMILES string of the molecule is Cc1cc(C)cc(Cc2nc(C)c(CN)c(C)n2)c1. The zero-order valence-corrected chi connectivity index (χ0v) is 12.1. The van der Waals surface area contributed by atoms with E-state index in [1.54, 1.807) is 0 Å². The Morgan fingerprint density at radius 2 is 1.42 bits per heavy atom. The third kappa shape index (κ3) is 3.18. The van der Waals surface area contributed by atoms with E-state index in [2.05, 4.69) is 42.0 Å². The zero-order valence-electron chi connectivity index (χ0n) is 12.1. The van der Waals surface area contributed by atoms with Crippen LogP contribution in [-0.2, 0) is 13.0 Å². The first-order valence-corrected chi connectivity index (χ1v) is 6.60. The smallest absolute Gasteiger partial charge is 0.133 e. The summed E-state index contributed by atoms with van der Waals surface area (Å²) in [6, 6.07) is 6.56. The van der Waals surface area contributed by atoms with Crippen LogP contribution in [0.3, 0.4) is 0 Å². The molecule has 3 nitrogen and oxygen atoms in total. The molecule has 1 aromatic carbocycles. The Balaban J connectivity index is 2.33. The third-order valence-electron chi connectivity index (χ3n) is 3.31. The van der Waals surface area contributed by atoms with Gasteiger partial charge < -0.3 is 5.73 Å². The number of nitrogens with zero attached hydrogens (tertiary/aromatic N) is 2. The van der Waals surface area contributed by atoms with Gasteiger partial charge in [0, 0.05) is 29.9 Å². The van der Waals surface area contributed by atoms with Crippen molar-refractivity contribution in [2.75, 3.05) is 0 Å². The average Bonchev–Trinajstić information content (AvgIpc) is 2.26. The van der Waals surface area contributed by atoms with Gasteiger partial charge in [0.15, 0.2) is 0 Å². The predicted molar refractivity (Wildman–Crippen MR) is 78.1 cm³/mol. The number of aryl methyl sites for hydroxylation is 4. The summed E-state index contributed by atoms with van der Waals surface area (Å²) in [7, 11) is 0. The summed E-state index contributed by atoms with van der Waals surface area (Å²) in [6.07, 6.45) is 0.773. The predicted octanol–water partition coefficient (Wildman–Crippen LogP) is 2.76. The number of hydrogen-bond acceptors (Lipinski definition) is 3. The quantitative estimate of drug-likeness (QED) is 0.917. The second-order valence-electron chi connectivity index (χ2n) is 5.17. The summed E-state index contributed by atoms with van der Waals surface area (Å²) in [5.74, 6) is 0.872. The van der Waals surface area contributed by atoms with E-state index in [-0.39, 0.29) is 0 Å². The summed E-state index contributed by atoms with van der Waals surface area (Å²) in [4.78, 5) is 9.14. The molecule has 19 heavy (non-hydrogen) atoms. The molecule has 0 fully saturated rings. The molecule has 0 saturated heterocycles.